The summed E-state index contributed by atoms with van der Waals surface area (Å²) in [5.74, 6) is 0.943. The van der Waals surface area contributed by atoms with Gasteiger partial charge in [-0.15, -0.1) is 0 Å². The van der Waals surface area contributed by atoms with Crippen LogP contribution >= 0.6 is 0 Å². The molecule has 0 saturated carbocycles. The molecule has 2 amide bonds. The Kier molecular flexibility index (Phi) is 8.86. The van der Waals surface area contributed by atoms with E-state index in [0.717, 1.165) is 6.42 Å². The molecule has 0 heterocycles. The highest BCUT2D eigenvalue weighted by atomic mass is 16.5. The molecule has 0 radical (unpaired) electrons. The lowest BCUT2D eigenvalue weighted by Crippen LogP contribution is -2.41. The topological polar surface area (TPSA) is 70.7 Å². The molecule has 1 aromatic carbocycles. The van der Waals surface area contributed by atoms with Gasteiger partial charge in [-0.05, 0) is 31.0 Å². The van der Waals surface area contributed by atoms with E-state index in [0.29, 0.717) is 30.4 Å². The van der Waals surface area contributed by atoms with Gasteiger partial charge in [0.15, 0.2) is 0 Å². The number of carbonyl (C=O) groups is 2. The van der Waals surface area contributed by atoms with E-state index in [9.17, 15) is 9.59 Å². The molecule has 1 rings (SSSR count). The van der Waals surface area contributed by atoms with Crippen LogP contribution in [0.15, 0.2) is 24.3 Å². The van der Waals surface area contributed by atoms with Crippen LogP contribution in [-0.4, -0.2) is 50.0 Å². The number of nitrogens with one attached hydrogen (secondary N) is 2. The minimum absolute atomic E-state index is 0.0532. The maximum atomic E-state index is 12.2. The van der Waals surface area contributed by atoms with E-state index in [2.05, 4.69) is 24.5 Å². The van der Waals surface area contributed by atoms with Crippen LogP contribution in [0.3, 0.4) is 0 Å². The van der Waals surface area contributed by atoms with E-state index in [4.69, 9.17) is 4.74 Å². The zero-order valence-electron chi connectivity index (χ0n) is 15.1. The number of hydrogen-bond donors (Lipinski definition) is 2. The van der Waals surface area contributed by atoms with Gasteiger partial charge >= 0.3 is 0 Å². The molecule has 0 atom stereocenters. The van der Waals surface area contributed by atoms with Gasteiger partial charge in [0.2, 0.25) is 11.8 Å². The predicted molar refractivity (Wildman–Crippen MR) is 96.2 cm³/mol. The largest absolute Gasteiger partial charge is 0.495 e. The molecule has 0 spiro atoms. The highest BCUT2D eigenvalue weighted by Gasteiger charge is 2.14. The van der Waals surface area contributed by atoms with Gasteiger partial charge in [-0.3, -0.25) is 14.5 Å². The van der Waals surface area contributed by atoms with E-state index in [1.165, 1.54) is 0 Å². The number of likely N-dealkylation sites (N-methyl/N-ethyl adjacent to an activating group) is 1. The monoisotopic (exact) mass is 335 g/mol. The van der Waals surface area contributed by atoms with Crippen LogP contribution in [0.25, 0.3) is 0 Å². The smallest absolute Gasteiger partial charge is 0.238 e. The van der Waals surface area contributed by atoms with Gasteiger partial charge in [0.25, 0.3) is 0 Å². The van der Waals surface area contributed by atoms with Crippen molar-refractivity contribution in [3.63, 3.8) is 0 Å². The zero-order valence-corrected chi connectivity index (χ0v) is 15.1. The number of methoxy groups -OCH3 is 1. The molecule has 0 saturated heterocycles. The summed E-state index contributed by atoms with van der Waals surface area (Å²) in [5, 5.41) is 5.71. The second kappa shape index (κ2) is 10.6. The lowest BCUT2D eigenvalue weighted by molar-refractivity contribution is -0.123. The average Bonchev–Trinajstić information content (AvgIpc) is 2.54. The molecular weight excluding hydrogens is 306 g/mol. The molecule has 0 bridgehead atoms. The second-order valence-electron chi connectivity index (χ2n) is 6.08. The normalized spacial score (nSPS) is 10.8. The summed E-state index contributed by atoms with van der Waals surface area (Å²) in [7, 11) is 1.56. The third-order valence-corrected chi connectivity index (χ3v) is 3.61. The van der Waals surface area contributed by atoms with Crippen molar-refractivity contribution in [2.75, 3.05) is 38.6 Å². The predicted octanol–water partition coefficient (Wildman–Crippen LogP) is 2.12. The molecule has 0 aliphatic rings. The number of hydrogen-bond acceptors (Lipinski definition) is 4. The van der Waals surface area contributed by atoms with Crippen molar-refractivity contribution in [3.8, 4) is 5.75 Å². The van der Waals surface area contributed by atoms with Crippen LogP contribution < -0.4 is 15.4 Å². The lowest BCUT2D eigenvalue weighted by atomic mass is 10.1. The second-order valence-corrected chi connectivity index (χ2v) is 6.08. The van der Waals surface area contributed by atoms with Crippen molar-refractivity contribution in [2.45, 2.75) is 27.2 Å². The third kappa shape index (κ3) is 7.46. The summed E-state index contributed by atoms with van der Waals surface area (Å²) in [5.41, 5.74) is 0.627. The number of carbonyl (C=O) groups excluding carboxylic acids is 2. The van der Waals surface area contributed by atoms with Crippen LogP contribution in [0, 0.1) is 5.92 Å². The van der Waals surface area contributed by atoms with Gasteiger partial charge in [0.1, 0.15) is 5.75 Å². The van der Waals surface area contributed by atoms with Gasteiger partial charge in [0.05, 0.1) is 25.9 Å². The van der Waals surface area contributed by atoms with Crippen LogP contribution in [0.4, 0.5) is 5.69 Å². The van der Waals surface area contributed by atoms with E-state index in [-0.39, 0.29) is 24.9 Å². The number of amides is 2. The Hall–Kier alpha value is -2.08. The first-order valence-electron chi connectivity index (χ1n) is 8.38. The molecule has 0 aliphatic carbocycles. The Labute approximate surface area is 144 Å². The van der Waals surface area contributed by atoms with Crippen molar-refractivity contribution < 1.29 is 14.3 Å². The Morgan fingerprint density at radius 3 is 2.46 bits per heavy atom. The highest BCUT2D eigenvalue weighted by molar-refractivity contribution is 5.94. The van der Waals surface area contributed by atoms with Gasteiger partial charge in [-0.2, -0.15) is 0 Å². The Morgan fingerprint density at radius 2 is 1.83 bits per heavy atom. The van der Waals surface area contributed by atoms with Crippen LogP contribution in [0.5, 0.6) is 5.75 Å². The van der Waals surface area contributed by atoms with E-state index >= 15 is 0 Å². The standard InChI is InChI=1S/C18H29N3O3/c1-5-21(12-17(22)19-11-10-14(2)3)13-18(23)20-15-8-6-7-9-16(15)24-4/h6-9,14H,5,10-13H2,1-4H3,(H,19,22)(H,20,23). The van der Waals surface area contributed by atoms with Crippen molar-refractivity contribution in [1.82, 2.24) is 10.2 Å². The quantitative estimate of drug-likeness (QED) is 0.687. The fraction of sp³-hybridized carbons (Fsp3) is 0.556. The summed E-state index contributed by atoms with van der Waals surface area (Å²) in [6.45, 7) is 7.83. The lowest BCUT2D eigenvalue weighted by Gasteiger charge is -2.20. The minimum atomic E-state index is -0.170. The summed E-state index contributed by atoms with van der Waals surface area (Å²) >= 11 is 0. The van der Waals surface area contributed by atoms with Crippen molar-refractivity contribution >= 4 is 17.5 Å². The Balaban J connectivity index is 2.46. The first-order valence-corrected chi connectivity index (χ1v) is 8.38. The molecule has 0 aliphatic heterocycles. The molecule has 0 unspecified atom stereocenters. The molecule has 1 aromatic rings. The maximum Gasteiger partial charge on any atom is 0.238 e. The molecule has 6 heteroatoms. The number of para-hydroxylation sites is 2. The molecule has 24 heavy (non-hydrogen) atoms. The summed E-state index contributed by atoms with van der Waals surface area (Å²) in [6, 6.07) is 7.24. The number of anilines is 1. The van der Waals surface area contributed by atoms with Crippen molar-refractivity contribution in [2.24, 2.45) is 5.92 Å². The third-order valence-electron chi connectivity index (χ3n) is 3.61. The average molecular weight is 335 g/mol. The first-order chi connectivity index (χ1) is 11.5. The molecule has 2 N–H and O–H groups in total. The van der Waals surface area contributed by atoms with E-state index in [1.54, 1.807) is 24.1 Å². The van der Waals surface area contributed by atoms with Gasteiger partial charge in [-0.1, -0.05) is 32.9 Å². The summed E-state index contributed by atoms with van der Waals surface area (Å²) in [4.78, 5) is 25.9. The van der Waals surface area contributed by atoms with Crippen LogP contribution in [0.2, 0.25) is 0 Å². The molecule has 0 fully saturated rings. The van der Waals surface area contributed by atoms with E-state index in [1.807, 2.05) is 19.1 Å². The Bertz CT molecular complexity index is 532. The highest BCUT2D eigenvalue weighted by Crippen LogP contribution is 2.22. The fourth-order valence-electron chi connectivity index (χ4n) is 2.18. The van der Waals surface area contributed by atoms with E-state index < -0.39 is 0 Å². The first kappa shape index (κ1) is 20.0. The molecule has 134 valence electrons. The maximum absolute atomic E-state index is 12.2. The number of nitrogens with zero attached hydrogens (tertiary/aromatic N) is 1. The van der Waals surface area contributed by atoms with Gasteiger partial charge in [-0.25, -0.2) is 0 Å². The Morgan fingerprint density at radius 1 is 1.17 bits per heavy atom. The fourth-order valence-corrected chi connectivity index (χ4v) is 2.18. The van der Waals surface area contributed by atoms with Crippen LogP contribution in [0.1, 0.15) is 27.2 Å². The molecule has 6 nitrogen and oxygen atoms in total. The number of benzene rings is 1. The number of rotatable bonds is 10. The number of ether oxygens (including phenoxy) is 1. The molecular formula is C18H29N3O3. The van der Waals surface area contributed by atoms with Gasteiger partial charge < -0.3 is 15.4 Å². The molecule has 0 aromatic heterocycles. The SMILES string of the molecule is CCN(CC(=O)NCCC(C)C)CC(=O)Nc1ccccc1OC. The summed E-state index contributed by atoms with van der Waals surface area (Å²) in [6.07, 6.45) is 0.951. The summed E-state index contributed by atoms with van der Waals surface area (Å²) < 4.78 is 5.21. The minimum Gasteiger partial charge on any atom is -0.495 e. The van der Waals surface area contributed by atoms with Crippen molar-refractivity contribution in [3.05, 3.63) is 24.3 Å². The van der Waals surface area contributed by atoms with Crippen LogP contribution in [-0.2, 0) is 9.59 Å². The zero-order chi connectivity index (χ0) is 17.9. The van der Waals surface area contributed by atoms with Gasteiger partial charge in [0, 0.05) is 6.54 Å². The van der Waals surface area contributed by atoms with Crippen molar-refractivity contribution in [1.29, 1.82) is 0 Å².